The van der Waals surface area contributed by atoms with E-state index in [4.69, 9.17) is 5.10 Å². The number of quaternary nitrogens is 1. The van der Waals surface area contributed by atoms with Gasteiger partial charge in [0, 0.05) is 48.3 Å². The van der Waals surface area contributed by atoms with Crippen LogP contribution in [0.4, 0.5) is 0 Å². The van der Waals surface area contributed by atoms with Crippen molar-refractivity contribution >= 4 is 5.71 Å². The molecule has 356 valence electrons. The molecule has 0 aromatic carbocycles. The fourth-order valence-electron chi connectivity index (χ4n) is 20.7. The Hall–Kier alpha value is -0.610. The molecular weight excluding hydrogens is 767 g/mol. The van der Waals surface area contributed by atoms with Crippen molar-refractivity contribution in [3.8, 4) is 0 Å². The standard InChI is InChI=1S/C59H99N3O/c1-56-33-16-17-34-57(56,2)50-31-36-58(3)51(49(50)30-35-56)32-37-59(58,63)41-61-53(44-20-10-5-11-21-44)38-47(39-54(61)45-22-12-6-13-23-45)42-26-28-48(29-27-42)62-55(46-24-14-7-15-25-46)40-52(60-62)43-18-8-4-9-19-43/h42-51,53-55,63H,4-41H2,1-3H3/p+1/t42?,47?,48?,49-,50-,51-,53?,54?,55+,56-,57-,58+,59-/m1/s1. The molecule has 0 aromatic heterocycles. The second-order valence-corrected chi connectivity index (χ2v) is 27.2. The first-order valence-electron chi connectivity index (χ1n) is 29.6. The van der Waals surface area contributed by atoms with Gasteiger partial charge in [0.1, 0.15) is 12.1 Å². The smallest absolute Gasteiger partial charge is 0.119 e. The monoisotopic (exact) mass is 867 g/mol. The number of fused-ring (bicyclic) bond motifs is 5. The summed E-state index contributed by atoms with van der Waals surface area (Å²) in [5, 5.41) is 22.3. The van der Waals surface area contributed by atoms with Crippen molar-refractivity contribution in [3.05, 3.63) is 0 Å². The second kappa shape index (κ2) is 18.4. The van der Waals surface area contributed by atoms with Crippen molar-refractivity contribution in [2.45, 2.75) is 288 Å². The Morgan fingerprint density at radius 2 is 1.06 bits per heavy atom. The molecule has 11 rings (SSSR count). The van der Waals surface area contributed by atoms with Gasteiger partial charge in [-0.25, -0.2) is 0 Å². The molecule has 2 heterocycles. The first-order chi connectivity index (χ1) is 30.7. The summed E-state index contributed by atoms with van der Waals surface area (Å²) < 4.78 is 0. The molecule has 0 aromatic rings. The van der Waals surface area contributed by atoms with Gasteiger partial charge in [0.15, 0.2) is 0 Å². The van der Waals surface area contributed by atoms with E-state index in [9.17, 15) is 5.11 Å². The lowest BCUT2D eigenvalue weighted by atomic mass is 9.40. The van der Waals surface area contributed by atoms with E-state index in [1.807, 2.05) is 4.90 Å². The fourth-order valence-corrected chi connectivity index (χ4v) is 20.7. The van der Waals surface area contributed by atoms with Crippen LogP contribution in [-0.2, 0) is 0 Å². The van der Waals surface area contributed by atoms with E-state index in [-0.39, 0.29) is 5.41 Å². The fraction of sp³-hybridized carbons (Fsp3) is 0.983. The van der Waals surface area contributed by atoms with Crippen LogP contribution in [-0.4, -0.2) is 52.1 Å². The molecule has 0 amide bonds. The maximum atomic E-state index is 13.7. The molecule has 10 fully saturated rings. The molecule has 11 aliphatic rings. The van der Waals surface area contributed by atoms with Crippen LogP contribution in [0.1, 0.15) is 258 Å². The van der Waals surface area contributed by atoms with Crippen LogP contribution in [0.3, 0.4) is 0 Å². The number of likely N-dealkylation sites (tertiary alicyclic amines) is 1. The van der Waals surface area contributed by atoms with Crippen LogP contribution >= 0.6 is 0 Å². The molecule has 4 nitrogen and oxygen atoms in total. The molecule has 0 radical (unpaired) electrons. The van der Waals surface area contributed by atoms with E-state index in [0.29, 0.717) is 22.9 Å². The first kappa shape index (κ1) is 44.9. The van der Waals surface area contributed by atoms with Crippen LogP contribution in [0.15, 0.2) is 5.10 Å². The van der Waals surface area contributed by atoms with E-state index in [0.717, 1.165) is 78.3 Å². The number of hydrazone groups is 1. The lowest BCUT2D eigenvalue weighted by Crippen LogP contribution is -3.23. The van der Waals surface area contributed by atoms with Gasteiger partial charge < -0.3 is 10.0 Å². The van der Waals surface area contributed by atoms with Gasteiger partial charge in [-0.05, 0) is 181 Å². The number of nitrogens with one attached hydrogen (secondary N) is 1. The molecule has 63 heavy (non-hydrogen) atoms. The Balaban J connectivity index is 0.830. The van der Waals surface area contributed by atoms with Crippen molar-refractivity contribution in [2.24, 2.45) is 74.6 Å². The lowest BCUT2D eigenvalue weighted by molar-refractivity contribution is -0.971. The number of aliphatic hydroxyl groups is 1. The van der Waals surface area contributed by atoms with Crippen molar-refractivity contribution in [3.63, 3.8) is 0 Å². The van der Waals surface area contributed by atoms with Gasteiger partial charge in [0.25, 0.3) is 0 Å². The summed E-state index contributed by atoms with van der Waals surface area (Å²) in [6.45, 7) is 9.24. The Labute approximate surface area is 388 Å². The van der Waals surface area contributed by atoms with Crippen LogP contribution in [0, 0.1) is 69.5 Å². The van der Waals surface area contributed by atoms with Crippen molar-refractivity contribution in [1.82, 2.24) is 5.01 Å². The maximum absolute atomic E-state index is 13.7. The Morgan fingerprint density at radius 1 is 0.508 bits per heavy atom. The first-order valence-corrected chi connectivity index (χ1v) is 29.6. The highest BCUT2D eigenvalue weighted by Crippen LogP contribution is 2.71. The Kier molecular flexibility index (Phi) is 13.1. The average Bonchev–Trinajstić information content (AvgIpc) is 3.89. The zero-order chi connectivity index (χ0) is 42.8. The minimum Gasteiger partial charge on any atom is -0.383 e. The highest BCUT2D eigenvalue weighted by Gasteiger charge is 2.68. The van der Waals surface area contributed by atoms with Crippen LogP contribution in [0.25, 0.3) is 0 Å². The maximum Gasteiger partial charge on any atom is 0.119 e. The van der Waals surface area contributed by atoms with E-state index >= 15 is 0 Å². The molecule has 9 saturated carbocycles. The van der Waals surface area contributed by atoms with Gasteiger partial charge in [0.2, 0.25) is 0 Å². The van der Waals surface area contributed by atoms with E-state index in [2.05, 4.69) is 25.8 Å². The van der Waals surface area contributed by atoms with Crippen LogP contribution in [0.2, 0.25) is 0 Å². The predicted molar refractivity (Wildman–Crippen MR) is 262 cm³/mol. The molecule has 10 atom stereocenters. The molecule has 2 unspecified atom stereocenters. The molecule has 9 aliphatic carbocycles. The Morgan fingerprint density at radius 3 is 1.70 bits per heavy atom. The minimum atomic E-state index is -0.488. The number of nitrogens with zero attached hydrogens (tertiary/aromatic N) is 2. The summed E-state index contributed by atoms with van der Waals surface area (Å²) in [5.74, 6) is 7.79. The SMILES string of the molecule is C[C@]12CCCC[C@]1(C)[C@@H]1CC[C@@]3(C)[C@H](CC[C@@]3(O)C[NH+]3C(C4CCCCC4)CC(C4CCC(N5N=C(C6CCCCC6)C[C@H]5C5CCCCC5)CC4)CC3C3CCCCC3)[C@@H]1CC2. The average molecular weight is 867 g/mol. The zero-order valence-electron chi connectivity index (χ0n) is 41.7. The topological polar surface area (TPSA) is 40.3 Å². The number of piperidine rings is 1. The number of rotatable bonds is 8. The van der Waals surface area contributed by atoms with Crippen LogP contribution < -0.4 is 4.90 Å². The van der Waals surface area contributed by atoms with Crippen LogP contribution in [0.5, 0.6) is 0 Å². The predicted octanol–water partition coefficient (Wildman–Crippen LogP) is 13.9. The summed E-state index contributed by atoms with van der Waals surface area (Å²) in [7, 11) is 0. The molecule has 2 aliphatic heterocycles. The van der Waals surface area contributed by atoms with E-state index in [1.54, 1.807) is 5.71 Å². The van der Waals surface area contributed by atoms with Gasteiger partial charge >= 0.3 is 0 Å². The Bertz CT molecular complexity index is 1530. The van der Waals surface area contributed by atoms with Gasteiger partial charge in [-0.15, -0.1) is 0 Å². The lowest BCUT2D eigenvalue weighted by Gasteiger charge is -2.65. The van der Waals surface area contributed by atoms with Crippen molar-refractivity contribution in [1.29, 1.82) is 0 Å². The van der Waals surface area contributed by atoms with Crippen molar-refractivity contribution < 1.29 is 10.0 Å². The third-order valence-electron chi connectivity index (χ3n) is 24.7. The van der Waals surface area contributed by atoms with Gasteiger partial charge in [-0.3, -0.25) is 5.01 Å². The highest BCUT2D eigenvalue weighted by atomic mass is 16.3. The van der Waals surface area contributed by atoms with Crippen molar-refractivity contribution in [2.75, 3.05) is 6.54 Å². The molecule has 1 saturated heterocycles. The molecule has 0 bridgehead atoms. The summed E-state index contributed by atoms with van der Waals surface area (Å²) in [6.07, 6.45) is 53.1. The summed E-state index contributed by atoms with van der Waals surface area (Å²) in [4.78, 5) is 1.98. The van der Waals surface area contributed by atoms with E-state index in [1.165, 1.54) is 231 Å². The third-order valence-corrected chi connectivity index (χ3v) is 24.7. The molecule has 0 spiro atoms. The quantitative estimate of drug-likeness (QED) is 0.255. The largest absolute Gasteiger partial charge is 0.383 e. The van der Waals surface area contributed by atoms with Gasteiger partial charge in [0.05, 0.1) is 18.1 Å². The second-order valence-electron chi connectivity index (χ2n) is 27.2. The minimum absolute atomic E-state index is 0.105. The molecule has 2 N–H and O–H groups in total. The zero-order valence-corrected chi connectivity index (χ0v) is 41.7. The number of hydrogen-bond acceptors (Lipinski definition) is 3. The normalized spacial score (nSPS) is 48.6. The molecule has 4 heteroatoms. The number of hydrogen-bond donors (Lipinski definition) is 2. The molecular formula is C59H100N3O+. The highest BCUT2D eigenvalue weighted by molar-refractivity contribution is 5.88. The van der Waals surface area contributed by atoms with Gasteiger partial charge in [-0.1, -0.05) is 111 Å². The van der Waals surface area contributed by atoms with E-state index < -0.39 is 5.60 Å². The summed E-state index contributed by atoms with van der Waals surface area (Å²) in [6, 6.07) is 2.98. The summed E-state index contributed by atoms with van der Waals surface area (Å²) in [5.41, 5.74) is 2.34. The third kappa shape index (κ3) is 8.11. The van der Waals surface area contributed by atoms with Gasteiger partial charge in [-0.2, -0.15) is 5.10 Å². The summed E-state index contributed by atoms with van der Waals surface area (Å²) >= 11 is 0.